The van der Waals surface area contributed by atoms with Crippen LogP contribution in [0.25, 0.3) is 0 Å². The van der Waals surface area contributed by atoms with Gasteiger partial charge < -0.3 is 10.4 Å². The molecule has 1 heterocycles. The lowest BCUT2D eigenvalue weighted by molar-refractivity contribution is -0.121. The van der Waals surface area contributed by atoms with E-state index < -0.39 is 5.97 Å². The molecule has 0 atom stereocenters. The van der Waals surface area contributed by atoms with E-state index in [4.69, 9.17) is 5.11 Å². The number of amides is 1. The van der Waals surface area contributed by atoms with E-state index in [-0.39, 0.29) is 11.5 Å². The molecule has 1 amide bonds. The van der Waals surface area contributed by atoms with Crippen LogP contribution in [0, 0.1) is 0 Å². The van der Waals surface area contributed by atoms with Crippen LogP contribution in [-0.2, 0) is 17.8 Å². The Bertz CT molecular complexity index is 608. The number of hydrogen-bond acceptors (Lipinski definition) is 3. The van der Waals surface area contributed by atoms with Crippen LogP contribution in [0.5, 0.6) is 0 Å². The van der Waals surface area contributed by atoms with Crippen LogP contribution in [-0.4, -0.2) is 33.3 Å². The van der Waals surface area contributed by atoms with Crippen molar-refractivity contribution in [3.05, 3.63) is 53.9 Å². The molecule has 0 fully saturated rings. The number of carboxylic acid groups (broad SMARTS) is 1. The van der Waals surface area contributed by atoms with Crippen LogP contribution < -0.4 is 5.32 Å². The molecule has 0 bridgehead atoms. The molecule has 0 saturated carbocycles. The lowest BCUT2D eigenvalue weighted by Gasteiger charge is -2.08. The average molecular weight is 287 g/mol. The predicted octanol–water partition coefficient (Wildman–Crippen LogP) is 1.33. The summed E-state index contributed by atoms with van der Waals surface area (Å²) in [6, 6.07) is 8.62. The van der Waals surface area contributed by atoms with Gasteiger partial charge in [0.25, 0.3) is 0 Å². The van der Waals surface area contributed by atoms with Gasteiger partial charge in [-0.05, 0) is 24.1 Å². The Kier molecular flexibility index (Phi) is 5.09. The van der Waals surface area contributed by atoms with Crippen molar-refractivity contribution in [1.29, 1.82) is 0 Å². The van der Waals surface area contributed by atoms with Crippen molar-refractivity contribution in [2.75, 3.05) is 6.54 Å². The number of rotatable bonds is 7. The van der Waals surface area contributed by atoms with Gasteiger partial charge in [0.1, 0.15) is 0 Å². The lowest BCUT2D eigenvalue weighted by Crippen LogP contribution is -2.27. The number of hydrogen-bond donors (Lipinski definition) is 2. The normalized spacial score (nSPS) is 10.3. The van der Waals surface area contributed by atoms with E-state index in [9.17, 15) is 9.59 Å². The topological polar surface area (TPSA) is 84.2 Å². The number of benzene rings is 1. The molecular formula is C15H17N3O3. The van der Waals surface area contributed by atoms with Gasteiger partial charge in [-0.15, -0.1) is 0 Å². The molecule has 0 aliphatic heterocycles. The Hall–Kier alpha value is -2.63. The van der Waals surface area contributed by atoms with Crippen molar-refractivity contribution in [3.63, 3.8) is 0 Å². The van der Waals surface area contributed by atoms with Crippen molar-refractivity contribution in [2.45, 2.75) is 19.4 Å². The highest BCUT2D eigenvalue weighted by Gasteiger charge is 2.09. The van der Waals surface area contributed by atoms with Gasteiger partial charge in [0, 0.05) is 31.9 Å². The third-order valence-corrected chi connectivity index (χ3v) is 3.09. The fourth-order valence-corrected chi connectivity index (χ4v) is 2.02. The zero-order valence-electron chi connectivity index (χ0n) is 11.5. The Labute approximate surface area is 122 Å². The molecule has 2 N–H and O–H groups in total. The Balaban J connectivity index is 1.76. The molecule has 2 aromatic rings. The number of aryl methyl sites for hydroxylation is 1. The molecule has 110 valence electrons. The van der Waals surface area contributed by atoms with E-state index in [0.717, 1.165) is 5.56 Å². The Morgan fingerprint density at radius 3 is 2.76 bits per heavy atom. The largest absolute Gasteiger partial charge is 0.478 e. The number of nitrogens with one attached hydrogen (secondary N) is 1. The smallest absolute Gasteiger partial charge is 0.335 e. The Morgan fingerprint density at radius 1 is 1.24 bits per heavy atom. The first kappa shape index (κ1) is 14.8. The zero-order chi connectivity index (χ0) is 15.1. The summed E-state index contributed by atoms with van der Waals surface area (Å²) in [5.74, 6) is -1.02. The van der Waals surface area contributed by atoms with Gasteiger partial charge in [-0.1, -0.05) is 18.2 Å². The van der Waals surface area contributed by atoms with Gasteiger partial charge in [-0.2, -0.15) is 5.10 Å². The molecule has 0 radical (unpaired) electrons. The first-order chi connectivity index (χ1) is 10.2. The fourth-order valence-electron chi connectivity index (χ4n) is 2.02. The highest BCUT2D eigenvalue weighted by molar-refractivity contribution is 5.89. The second-order valence-corrected chi connectivity index (χ2v) is 4.58. The zero-order valence-corrected chi connectivity index (χ0v) is 11.5. The Morgan fingerprint density at radius 2 is 2.05 bits per heavy atom. The minimum absolute atomic E-state index is 0.0710. The van der Waals surface area contributed by atoms with E-state index in [0.29, 0.717) is 25.9 Å². The number of nitrogens with zero attached hydrogens (tertiary/aromatic N) is 2. The molecule has 1 aromatic carbocycles. The summed E-state index contributed by atoms with van der Waals surface area (Å²) in [5, 5.41) is 15.9. The molecule has 1 aromatic heterocycles. The summed E-state index contributed by atoms with van der Waals surface area (Å²) in [5.41, 5.74) is 1.00. The maximum Gasteiger partial charge on any atom is 0.335 e. The first-order valence-corrected chi connectivity index (χ1v) is 6.72. The van der Waals surface area contributed by atoms with Crippen molar-refractivity contribution < 1.29 is 14.7 Å². The van der Waals surface area contributed by atoms with Gasteiger partial charge in [-0.3, -0.25) is 9.48 Å². The lowest BCUT2D eigenvalue weighted by atomic mass is 10.0. The van der Waals surface area contributed by atoms with E-state index in [1.165, 1.54) is 0 Å². The van der Waals surface area contributed by atoms with E-state index in [1.807, 2.05) is 0 Å². The number of aromatic nitrogens is 2. The number of aromatic carboxylic acids is 1. The summed E-state index contributed by atoms with van der Waals surface area (Å²) in [7, 11) is 0. The van der Waals surface area contributed by atoms with Gasteiger partial charge >= 0.3 is 5.97 Å². The highest BCUT2D eigenvalue weighted by Crippen LogP contribution is 2.08. The molecule has 0 aliphatic rings. The maximum absolute atomic E-state index is 11.7. The van der Waals surface area contributed by atoms with Gasteiger partial charge in [-0.25, -0.2) is 4.79 Å². The molecule has 6 heteroatoms. The molecule has 2 rings (SSSR count). The van der Waals surface area contributed by atoms with Crippen LogP contribution in [0.3, 0.4) is 0 Å². The van der Waals surface area contributed by atoms with Crippen LogP contribution >= 0.6 is 0 Å². The first-order valence-electron chi connectivity index (χ1n) is 6.72. The minimum atomic E-state index is -0.949. The quantitative estimate of drug-likeness (QED) is 0.804. The van der Waals surface area contributed by atoms with Crippen molar-refractivity contribution in [3.8, 4) is 0 Å². The van der Waals surface area contributed by atoms with Crippen LogP contribution in [0.15, 0.2) is 42.7 Å². The third kappa shape index (κ3) is 4.45. The monoisotopic (exact) mass is 287 g/mol. The van der Waals surface area contributed by atoms with Crippen molar-refractivity contribution >= 4 is 11.9 Å². The van der Waals surface area contributed by atoms with Gasteiger partial charge in [0.2, 0.25) is 5.91 Å². The number of carbonyl (C=O) groups excluding carboxylic acids is 1. The standard InChI is InChI=1S/C15H17N3O3/c19-14(7-11-18-10-3-8-17-18)16-9-6-12-4-1-2-5-13(12)15(20)21/h1-5,8,10H,6-7,9,11H2,(H,16,19)(H,20,21). The van der Waals surface area contributed by atoms with E-state index >= 15 is 0 Å². The molecule has 0 unspecified atom stereocenters. The van der Waals surface area contributed by atoms with Crippen LogP contribution in [0.2, 0.25) is 0 Å². The molecule has 6 nitrogen and oxygen atoms in total. The highest BCUT2D eigenvalue weighted by atomic mass is 16.4. The van der Waals surface area contributed by atoms with Crippen LogP contribution in [0.4, 0.5) is 0 Å². The van der Waals surface area contributed by atoms with Gasteiger partial charge in [0.05, 0.1) is 5.56 Å². The molecule has 0 spiro atoms. The predicted molar refractivity (Wildman–Crippen MR) is 77.0 cm³/mol. The fraction of sp³-hybridized carbons (Fsp3) is 0.267. The molecular weight excluding hydrogens is 270 g/mol. The molecule has 21 heavy (non-hydrogen) atoms. The second kappa shape index (κ2) is 7.23. The summed E-state index contributed by atoms with van der Waals surface area (Å²) in [6.45, 7) is 0.951. The average Bonchev–Trinajstić information content (AvgIpc) is 2.99. The summed E-state index contributed by atoms with van der Waals surface area (Å²) in [6.07, 6.45) is 4.31. The summed E-state index contributed by atoms with van der Waals surface area (Å²) in [4.78, 5) is 22.7. The summed E-state index contributed by atoms with van der Waals surface area (Å²) >= 11 is 0. The second-order valence-electron chi connectivity index (χ2n) is 4.58. The summed E-state index contributed by atoms with van der Waals surface area (Å²) < 4.78 is 1.69. The number of carboxylic acids is 1. The number of carbonyl (C=O) groups is 2. The molecule has 0 saturated heterocycles. The van der Waals surface area contributed by atoms with Crippen molar-refractivity contribution in [2.24, 2.45) is 0 Å². The third-order valence-electron chi connectivity index (χ3n) is 3.09. The van der Waals surface area contributed by atoms with E-state index in [1.54, 1.807) is 47.4 Å². The van der Waals surface area contributed by atoms with Gasteiger partial charge in [0.15, 0.2) is 0 Å². The van der Waals surface area contributed by atoms with E-state index in [2.05, 4.69) is 10.4 Å². The van der Waals surface area contributed by atoms with Crippen molar-refractivity contribution in [1.82, 2.24) is 15.1 Å². The SMILES string of the molecule is O=C(CCn1cccn1)NCCc1ccccc1C(=O)O. The minimum Gasteiger partial charge on any atom is -0.478 e. The maximum atomic E-state index is 11.7. The molecule has 0 aliphatic carbocycles. The van der Waals surface area contributed by atoms with Crippen LogP contribution in [0.1, 0.15) is 22.3 Å².